The summed E-state index contributed by atoms with van der Waals surface area (Å²) in [4.78, 5) is 9.23. The molecule has 0 radical (unpaired) electrons. The van der Waals surface area contributed by atoms with Crippen LogP contribution in [0.25, 0.3) is 0 Å². The van der Waals surface area contributed by atoms with Crippen molar-refractivity contribution >= 4 is 5.96 Å². The van der Waals surface area contributed by atoms with Crippen LogP contribution in [0.2, 0.25) is 0 Å². The minimum Gasteiger partial charge on any atom is -0.379 e. The summed E-state index contributed by atoms with van der Waals surface area (Å²) in [6.07, 6.45) is 0. The minimum atomic E-state index is -0.215. The monoisotopic (exact) mass is 365 g/mol. The van der Waals surface area contributed by atoms with Crippen molar-refractivity contribution in [2.45, 2.75) is 13.0 Å². The topological polar surface area (TPSA) is 52.1 Å². The first-order valence-corrected chi connectivity index (χ1v) is 9.34. The number of halogens is 1. The number of nitrogens with zero attached hydrogens (tertiary/aromatic N) is 3. The van der Waals surface area contributed by atoms with Gasteiger partial charge >= 0.3 is 0 Å². The van der Waals surface area contributed by atoms with E-state index in [0.29, 0.717) is 6.54 Å². The molecule has 7 heteroatoms. The van der Waals surface area contributed by atoms with E-state index in [0.717, 1.165) is 57.5 Å². The molecule has 6 nitrogen and oxygen atoms in total. The van der Waals surface area contributed by atoms with E-state index in [1.807, 2.05) is 26.2 Å². The molecule has 146 valence electrons. The molecule has 1 unspecified atom stereocenters. The van der Waals surface area contributed by atoms with Crippen LogP contribution in [0.4, 0.5) is 4.39 Å². The number of hydrogen-bond donors (Lipinski definition) is 2. The van der Waals surface area contributed by atoms with Crippen molar-refractivity contribution < 1.29 is 9.13 Å². The Hall–Kier alpha value is -1.70. The van der Waals surface area contributed by atoms with E-state index in [2.05, 4.69) is 27.4 Å². The molecule has 1 aromatic rings. The van der Waals surface area contributed by atoms with Gasteiger partial charge < -0.3 is 20.3 Å². The third-order valence-corrected chi connectivity index (χ3v) is 4.47. The number of guanidine groups is 1. The third-order valence-electron chi connectivity index (χ3n) is 4.47. The van der Waals surface area contributed by atoms with E-state index in [4.69, 9.17) is 9.73 Å². The molecular formula is C19H32FN5O. The van der Waals surface area contributed by atoms with Crippen molar-refractivity contribution in [3.8, 4) is 0 Å². The second-order valence-corrected chi connectivity index (χ2v) is 6.63. The average molecular weight is 365 g/mol. The lowest BCUT2D eigenvalue weighted by Gasteiger charge is -2.27. The zero-order chi connectivity index (χ0) is 18.8. The lowest BCUT2D eigenvalue weighted by atomic mass is 10.1. The first-order valence-electron chi connectivity index (χ1n) is 9.34. The molecule has 1 atom stereocenters. The Morgan fingerprint density at radius 2 is 1.92 bits per heavy atom. The van der Waals surface area contributed by atoms with Gasteiger partial charge in [-0.05, 0) is 38.7 Å². The Morgan fingerprint density at radius 1 is 1.23 bits per heavy atom. The summed E-state index contributed by atoms with van der Waals surface area (Å²) < 4.78 is 18.6. The summed E-state index contributed by atoms with van der Waals surface area (Å²) >= 11 is 0. The highest BCUT2D eigenvalue weighted by molar-refractivity contribution is 5.79. The maximum absolute atomic E-state index is 13.2. The summed E-state index contributed by atoms with van der Waals surface area (Å²) in [5.74, 6) is 0.600. The summed E-state index contributed by atoms with van der Waals surface area (Å²) in [5.41, 5.74) is 1.06. The smallest absolute Gasteiger partial charge is 0.191 e. The second-order valence-electron chi connectivity index (χ2n) is 6.63. The van der Waals surface area contributed by atoms with Crippen LogP contribution in [0.1, 0.15) is 18.5 Å². The van der Waals surface area contributed by atoms with Gasteiger partial charge in [0.05, 0.1) is 25.8 Å². The van der Waals surface area contributed by atoms with Crippen LogP contribution >= 0.6 is 0 Å². The van der Waals surface area contributed by atoms with E-state index in [9.17, 15) is 4.39 Å². The fraction of sp³-hybridized carbons (Fsp3) is 0.632. The quantitative estimate of drug-likeness (QED) is 0.538. The van der Waals surface area contributed by atoms with Gasteiger partial charge in [0.2, 0.25) is 0 Å². The standard InChI is InChI=1S/C19H32FN5O/c1-4-21-19(22-9-10-25-11-13-26-14-12-25)23-15-18(24(2)3)16-5-7-17(20)8-6-16/h5-8,18H,4,9-15H2,1-3H3,(H2,21,22,23). The van der Waals surface area contributed by atoms with Crippen LogP contribution in [0, 0.1) is 5.82 Å². The Balaban J connectivity index is 1.90. The van der Waals surface area contributed by atoms with Gasteiger partial charge in [-0.3, -0.25) is 9.89 Å². The first-order chi connectivity index (χ1) is 12.6. The lowest BCUT2D eigenvalue weighted by molar-refractivity contribution is 0.0389. The molecule has 1 aliphatic heterocycles. The van der Waals surface area contributed by atoms with Crippen molar-refractivity contribution in [1.29, 1.82) is 0 Å². The summed E-state index contributed by atoms with van der Waals surface area (Å²) in [6, 6.07) is 6.76. The maximum atomic E-state index is 13.2. The number of benzene rings is 1. The predicted molar refractivity (Wildman–Crippen MR) is 104 cm³/mol. The third kappa shape index (κ3) is 6.90. The van der Waals surface area contributed by atoms with E-state index in [-0.39, 0.29) is 11.9 Å². The van der Waals surface area contributed by atoms with Gasteiger partial charge in [-0.15, -0.1) is 0 Å². The Morgan fingerprint density at radius 3 is 2.54 bits per heavy atom. The molecule has 2 N–H and O–H groups in total. The average Bonchev–Trinajstić information content (AvgIpc) is 2.64. The van der Waals surface area contributed by atoms with Gasteiger partial charge in [-0.25, -0.2) is 4.39 Å². The highest BCUT2D eigenvalue weighted by Gasteiger charge is 2.14. The molecule has 1 heterocycles. The van der Waals surface area contributed by atoms with Crippen molar-refractivity contribution in [2.24, 2.45) is 4.99 Å². The normalized spacial score (nSPS) is 17.3. The summed E-state index contributed by atoms with van der Waals surface area (Å²) in [5, 5.41) is 6.69. The number of hydrogen-bond acceptors (Lipinski definition) is 4. The number of morpholine rings is 1. The van der Waals surface area contributed by atoms with Crippen molar-refractivity contribution in [2.75, 3.05) is 66.6 Å². The molecule has 2 rings (SSSR count). The Kier molecular flexibility index (Phi) is 8.80. The van der Waals surface area contributed by atoms with Gasteiger partial charge in [-0.1, -0.05) is 12.1 Å². The highest BCUT2D eigenvalue weighted by atomic mass is 19.1. The first kappa shape index (κ1) is 20.6. The molecule has 26 heavy (non-hydrogen) atoms. The SMILES string of the molecule is CCNC(=NCC(c1ccc(F)cc1)N(C)C)NCCN1CCOCC1. The molecule has 1 saturated heterocycles. The number of nitrogens with one attached hydrogen (secondary N) is 2. The zero-order valence-corrected chi connectivity index (χ0v) is 16.2. The fourth-order valence-electron chi connectivity index (χ4n) is 2.93. The van der Waals surface area contributed by atoms with Crippen LogP contribution in [0.15, 0.2) is 29.3 Å². The van der Waals surface area contributed by atoms with Gasteiger partial charge in [-0.2, -0.15) is 0 Å². The molecule has 1 aromatic carbocycles. The molecule has 1 aliphatic rings. The van der Waals surface area contributed by atoms with Gasteiger partial charge in [0.1, 0.15) is 5.82 Å². The second kappa shape index (κ2) is 11.1. The van der Waals surface area contributed by atoms with Crippen LogP contribution in [0.3, 0.4) is 0 Å². The van der Waals surface area contributed by atoms with E-state index < -0.39 is 0 Å². The Labute approximate surface area is 156 Å². The molecule has 0 aliphatic carbocycles. The molecule has 0 amide bonds. The number of likely N-dealkylation sites (N-methyl/N-ethyl adjacent to an activating group) is 1. The molecule has 0 saturated carbocycles. The van der Waals surface area contributed by atoms with E-state index in [1.54, 1.807) is 0 Å². The predicted octanol–water partition coefficient (Wildman–Crippen LogP) is 1.32. The lowest BCUT2D eigenvalue weighted by Crippen LogP contribution is -2.44. The van der Waals surface area contributed by atoms with E-state index >= 15 is 0 Å². The number of ether oxygens (including phenoxy) is 1. The molecular weight excluding hydrogens is 333 g/mol. The summed E-state index contributed by atoms with van der Waals surface area (Å²) in [7, 11) is 4.03. The fourth-order valence-corrected chi connectivity index (χ4v) is 2.93. The van der Waals surface area contributed by atoms with Crippen LogP contribution in [-0.4, -0.2) is 82.3 Å². The maximum Gasteiger partial charge on any atom is 0.191 e. The largest absolute Gasteiger partial charge is 0.379 e. The van der Waals surface area contributed by atoms with Crippen LogP contribution < -0.4 is 10.6 Å². The minimum absolute atomic E-state index is 0.102. The van der Waals surface area contributed by atoms with Gasteiger partial charge in [0.25, 0.3) is 0 Å². The molecule has 0 bridgehead atoms. The van der Waals surface area contributed by atoms with Crippen molar-refractivity contribution in [3.05, 3.63) is 35.6 Å². The van der Waals surface area contributed by atoms with Crippen molar-refractivity contribution in [1.82, 2.24) is 20.4 Å². The Bertz CT molecular complexity index is 543. The van der Waals surface area contributed by atoms with Gasteiger partial charge in [0.15, 0.2) is 5.96 Å². The van der Waals surface area contributed by atoms with Gasteiger partial charge in [0, 0.05) is 32.7 Å². The zero-order valence-electron chi connectivity index (χ0n) is 16.2. The molecule has 1 fully saturated rings. The molecule has 0 spiro atoms. The van der Waals surface area contributed by atoms with E-state index in [1.165, 1.54) is 12.1 Å². The number of rotatable bonds is 8. The van der Waals surface area contributed by atoms with Crippen LogP contribution in [-0.2, 0) is 4.74 Å². The molecule has 0 aromatic heterocycles. The number of aliphatic imine (C=N–C) groups is 1. The highest BCUT2D eigenvalue weighted by Crippen LogP contribution is 2.18. The van der Waals surface area contributed by atoms with Crippen LogP contribution in [0.5, 0.6) is 0 Å². The van der Waals surface area contributed by atoms with Crippen molar-refractivity contribution in [3.63, 3.8) is 0 Å². The summed E-state index contributed by atoms with van der Waals surface area (Å²) in [6.45, 7) is 8.90.